The van der Waals surface area contributed by atoms with E-state index in [1.165, 1.54) is 0 Å². The predicted molar refractivity (Wildman–Crippen MR) is 93.3 cm³/mol. The highest BCUT2D eigenvalue weighted by atomic mass is 16.6. The Morgan fingerprint density at radius 3 is 2.71 bits per heavy atom. The van der Waals surface area contributed by atoms with Crippen LogP contribution in [0.25, 0.3) is 0 Å². The highest BCUT2D eigenvalue weighted by Crippen LogP contribution is 2.32. The Hall–Kier alpha value is -2.25. The summed E-state index contributed by atoms with van der Waals surface area (Å²) in [5, 5.41) is 3.47. The first-order valence-electron chi connectivity index (χ1n) is 8.72. The number of fused-ring (bicyclic) bond motifs is 1. The van der Waals surface area contributed by atoms with Crippen LogP contribution in [0.15, 0.2) is 0 Å². The van der Waals surface area contributed by atoms with Gasteiger partial charge in [-0.3, -0.25) is 0 Å². The van der Waals surface area contributed by atoms with E-state index in [9.17, 15) is 4.79 Å². The Bertz CT molecular complexity index is 600. The Kier molecular flexibility index (Phi) is 4.92. The number of amides is 1. The van der Waals surface area contributed by atoms with Crippen molar-refractivity contribution in [2.75, 3.05) is 48.7 Å². The van der Waals surface area contributed by atoms with Gasteiger partial charge in [0.15, 0.2) is 0 Å². The lowest BCUT2D eigenvalue weighted by Crippen LogP contribution is -2.49. The Morgan fingerprint density at radius 1 is 1.29 bits per heavy atom. The number of hydrogen-bond donors (Lipinski definition) is 2. The summed E-state index contributed by atoms with van der Waals surface area (Å²) in [4.78, 5) is 24.6. The van der Waals surface area contributed by atoms with E-state index in [4.69, 9.17) is 10.5 Å². The number of nitrogens with two attached hydrogens (primary N) is 1. The molecule has 1 fully saturated rings. The lowest BCUT2D eigenvalue weighted by atomic mass is 9.99. The summed E-state index contributed by atoms with van der Waals surface area (Å²) in [6, 6.07) is 0.445. The Labute approximate surface area is 142 Å². The first-order valence-corrected chi connectivity index (χ1v) is 8.72. The van der Waals surface area contributed by atoms with E-state index in [1.807, 2.05) is 6.92 Å². The molecule has 0 aromatic carbocycles. The average Bonchev–Trinajstić information content (AvgIpc) is 2.60. The van der Waals surface area contributed by atoms with Gasteiger partial charge in [-0.25, -0.2) is 4.79 Å². The van der Waals surface area contributed by atoms with Crippen molar-refractivity contribution >= 4 is 23.7 Å². The molecule has 0 bridgehead atoms. The largest absolute Gasteiger partial charge is 0.450 e. The van der Waals surface area contributed by atoms with Crippen molar-refractivity contribution in [3.63, 3.8) is 0 Å². The molecule has 1 saturated heterocycles. The maximum Gasteiger partial charge on any atom is 0.409 e. The van der Waals surface area contributed by atoms with Crippen LogP contribution in [0.5, 0.6) is 0 Å². The summed E-state index contributed by atoms with van der Waals surface area (Å²) in [6.45, 7) is 7.09. The van der Waals surface area contributed by atoms with Gasteiger partial charge in [0, 0.05) is 37.8 Å². The number of carbonyl (C=O) groups excluding carboxylic acids is 1. The lowest BCUT2D eigenvalue weighted by molar-refractivity contribution is 0.105. The molecule has 0 saturated carbocycles. The molecule has 1 amide bonds. The maximum atomic E-state index is 11.8. The van der Waals surface area contributed by atoms with Crippen LogP contribution < -0.4 is 16.0 Å². The Balaban J connectivity index is 1.74. The first-order chi connectivity index (χ1) is 11.6. The minimum atomic E-state index is -0.242. The van der Waals surface area contributed by atoms with Crippen LogP contribution in [0.1, 0.15) is 32.3 Å². The third-order valence-electron chi connectivity index (χ3n) is 4.68. The van der Waals surface area contributed by atoms with Gasteiger partial charge in [0.05, 0.1) is 6.61 Å². The number of anilines is 3. The number of nitrogen functional groups attached to an aromatic ring is 1. The molecule has 3 rings (SSSR count). The van der Waals surface area contributed by atoms with Gasteiger partial charge in [-0.05, 0) is 26.2 Å². The van der Waals surface area contributed by atoms with Crippen LogP contribution in [-0.4, -0.2) is 59.8 Å². The smallest absolute Gasteiger partial charge is 0.409 e. The molecule has 2 aliphatic heterocycles. The summed E-state index contributed by atoms with van der Waals surface area (Å²) in [5.41, 5.74) is 7.06. The lowest BCUT2D eigenvalue weighted by Gasteiger charge is -2.37. The standard InChI is InChI=1S/C16H26N6O2/c1-3-11-5-6-12-13(18-11)19-15(17)20-14(12)21-7-9-22(10-8-21)16(23)24-4-2/h11H,3-10H2,1-2H3,(H3,17,18,19,20). The highest BCUT2D eigenvalue weighted by molar-refractivity contribution is 5.68. The van der Waals surface area contributed by atoms with E-state index in [2.05, 4.69) is 27.1 Å². The summed E-state index contributed by atoms with van der Waals surface area (Å²) >= 11 is 0. The molecular weight excluding hydrogens is 308 g/mol. The van der Waals surface area contributed by atoms with E-state index >= 15 is 0 Å². The van der Waals surface area contributed by atoms with E-state index in [0.29, 0.717) is 31.7 Å². The van der Waals surface area contributed by atoms with E-state index in [-0.39, 0.29) is 6.09 Å². The number of aromatic nitrogens is 2. The van der Waals surface area contributed by atoms with Gasteiger partial charge in [0.1, 0.15) is 11.6 Å². The van der Waals surface area contributed by atoms with Crippen molar-refractivity contribution in [1.82, 2.24) is 14.9 Å². The van der Waals surface area contributed by atoms with Crippen molar-refractivity contribution in [3.8, 4) is 0 Å². The number of nitrogens with zero attached hydrogens (tertiary/aromatic N) is 4. The number of ether oxygens (including phenoxy) is 1. The molecule has 1 unspecified atom stereocenters. The number of carbonyl (C=O) groups is 1. The fourth-order valence-electron chi connectivity index (χ4n) is 3.31. The minimum Gasteiger partial charge on any atom is -0.450 e. The van der Waals surface area contributed by atoms with E-state index in [0.717, 1.165) is 49.6 Å². The van der Waals surface area contributed by atoms with Crippen molar-refractivity contribution in [2.45, 2.75) is 39.2 Å². The van der Waals surface area contributed by atoms with Crippen molar-refractivity contribution in [2.24, 2.45) is 0 Å². The molecule has 24 heavy (non-hydrogen) atoms. The average molecular weight is 334 g/mol. The minimum absolute atomic E-state index is 0.242. The van der Waals surface area contributed by atoms with Gasteiger partial charge in [-0.15, -0.1) is 0 Å². The zero-order valence-corrected chi connectivity index (χ0v) is 14.4. The normalized spacial score (nSPS) is 20.3. The molecule has 8 nitrogen and oxygen atoms in total. The number of hydrogen-bond acceptors (Lipinski definition) is 7. The molecule has 0 radical (unpaired) electrons. The molecule has 132 valence electrons. The summed E-state index contributed by atoms with van der Waals surface area (Å²) in [6.07, 6.45) is 2.85. The van der Waals surface area contributed by atoms with Crippen LogP contribution in [0.2, 0.25) is 0 Å². The van der Waals surface area contributed by atoms with Gasteiger partial charge in [-0.2, -0.15) is 9.97 Å². The molecule has 3 heterocycles. The van der Waals surface area contributed by atoms with Crippen molar-refractivity contribution in [3.05, 3.63) is 5.56 Å². The second-order valence-corrected chi connectivity index (χ2v) is 6.19. The Morgan fingerprint density at radius 2 is 2.04 bits per heavy atom. The van der Waals surface area contributed by atoms with Crippen LogP contribution in [0, 0.1) is 0 Å². The number of piperazine rings is 1. The maximum absolute atomic E-state index is 11.8. The SMILES string of the molecule is CCOC(=O)N1CCN(c2nc(N)nc3c2CCC(CC)N3)CC1. The van der Waals surface area contributed by atoms with E-state index in [1.54, 1.807) is 4.90 Å². The fourth-order valence-corrected chi connectivity index (χ4v) is 3.31. The zero-order valence-electron chi connectivity index (χ0n) is 14.4. The van der Waals surface area contributed by atoms with Crippen molar-refractivity contribution < 1.29 is 9.53 Å². The molecular formula is C16H26N6O2. The molecule has 1 aromatic rings. The molecule has 3 N–H and O–H groups in total. The van der Waals surface area contributed by atoms with Gasteiger partial charge >= 0.3 is 6.09 Å². The second-order valence-electron chi connectivity index (χ2n) is 6.19. The van der Waals surface area contributed by atoms with Gasteiger partial charge in [0.25, 0.3) is 0 Å². The summed E-state index contributed by atoms with van der Waals surface area (Å²) in [7, 11) is 0. The van der Waals surface area contributed by atoms with Crippen LogP contribution >= 0.6 is 0 Å². The highest BCUT2D eigenvalue weighted by Gasteiger charge is 2.28. The van der Waals surface area contributed by atoms with Crippen LogP contribution in [0.4, 0.5) is 22.4 Å². The third-order valence-corrected chi connectivity index (χ3v) is 4.68. The molecule has 1 atom stereocenters. The van der Waals surface area contributed by atoms with Gasteiger partial charge in [0.2, 0.25) is 5.95 Å². The zero-order chi connectivity index (χ0) is 17.1. The monoisotopic (exact) mass is 334 g/mol. The van der Waals surface area contributed by atoms with Crippen molar-refractivity contribution in [1.29, 1.82) is 0 Å². The molecule has 2 aliphatic rings. The van der Waals surface area contributed by atoms with Crippen LogP contribution in [0.3, 0.4) is 0 Å². The molecule has 0 aliphatic carbocycles. The first kappa shape index (κ1) is 16.6. The third kappa shape index (κ3) is 3.32. The molecule has 8 heteroatoms. The predicted octanol–water partition coefficient (Wildman–Crippen LogP) is 1.47. The number of nitrogens with one attached hydrogen (secondary N) is 1. The summed E-state index contributed by atoms with van der Waals surface area (Å²) < 4.78 is 5.07. The molecule has 1 aromatic heterocycles. The number of rotatable bonds is 3. The van der Waals surface area contributed by atoms with Gasteiger partial charge in [-0.1, -0.05) is 6.92 Å². The summed E-state index contributed by atoms with van der Waals surface area (Å²) in [5.74, 6) is 2.06. The second kappa shape index (κ2) is 7.11. The van der Waals surface area contributed by atoms with Gasteiger partial charge < -0.3 is 25.6 Å². The quantitative estimate of drug-likeness (QED) is 0.864. The molecule has 0 spiro atoms. The van der Waals surface area contributed by atoms with E-state index < -0.39 is 0 Å². The fraction of sp³-hybridized carbons (Fsp3) is 0.688. The topological polar surface area (TPSA) is 96.6 Å². The van der Waals surface area contributed by atoms with Crippen LogP contribution in [-0.2, 0) is 11.2 Å².